The summed E-state index contributed by atoms with van der Waals surface area (Å²) in [6.45, 7) is 1.68. The molecule has 212 valence electrons. The number of hydrogen-bond donors (Lipinski definition) is 6. The SMILES string of the molecule is C[C@H]1c2c(C#CCc3ccccc3)ccc(O)c2C(=O)C2=C(O)[C@]3(O)C(=O)C(C(N)=O)=C(O)[C@@H](N(C)C)[C@@H]3[C@@H](O)[C@@H]21. The second kappa shape index (κ2) is 9.89. The lowest BCUT2D eigenvalue weighted by atomic mass is 9.55. The highest BCUT2D eigenvalue weighted by Gasteiger charge is 2.67. The van der Waals surface area contributed by atoms with Crippen LogP contribution in [0.5, 0.6) is 5.75 Å². The third-order valence-corrected chi connectivity index (χ3v) is 8.47. The van der Waals surface area contributed by atoms with Crippen LogP contribution in [0, 0.1) is 23.7 Å². The standard InChI is InChI=1S/C31H30N2O8/c1-14-18-16(11-7-10-15-8-5-4-6-9-15)12-13-17(34)20(18)25(35)21-19(14)26(36)23-24(33(2)3)27(37)22(30(32)40)29(39)31(23,41)28(21)38/h4-6,8-9,12-14,19,23-24,26,34,36-38,41H,10H2,1-3H3,(H2,32,40)/t14-,19+,23+,24-,26-,31-/m0/s1. The molecular formula is C31H30N2O8. The summed E-state index contributed by atoms with van der Waals surface area (Å²) >= 11 is 0. The maximum absolute atomic E-state index is 13.9. The van der Waals surface area contributed by atoms with Crippen molar-refractivity contribution < 1.29 is 39.9 Å². The number of nitrogens with two attached hydrogens (primary N) is 1. The number of Topliss-reactive ketones (excluding diaryl/α,β-unsaturated/α-hetero) is 2. The fourth-order valence-corrected chi connectivity index (χ4v) is 6.65. The molecule has 0 saturated heterocycles. The van der Waals surface area contributed by atoms with E-state index in [1.807, 2.05) is 30.3 Å². The number of hydrogen-bond acceptors (Lipinski definition) is 9. The lowest BCUT2D eigenvalue weighted by molar-refractivity contribution is -0.162. The van der Waals surface area contributed by atoms with Crippen molar-refractivity contribution in [3.8, 4) is 17.6 Å². The Morgan fingerprint density at radius 2 is 1.73 bits per heavy atom. The van der Waals surface area contributed by atoms with E-state index < -0.39 is 81.4 Å². The molecule has 2 aromatic carbocycles. The fraction of sp³-hybridized carbons (Fsp3) is 0.323. The summed E-state index contributed by atoms with van der Waals surface area (Å²) in [6.07, 6.45) is -1.25. The maximum Gasteiger partial charge on any atom is 0.255 e. The number of carbonyl (C=O) groups excluding carboxylic acids is 3. The van der Waals surface area contributed by atoms with Crippen molar-refractivity contribution in [1.82, 2.24) is 4.90 Å². The molecule has 7 N–H and O–H groups in total. The van der Waals surface area contributed by atoms with E-state index in [-0.39, 0.29) is 5.56 Å². The summed E-state index contributed by atoms with van der Waals surface area (Å²) in [6, 6.07) is 11.1. The topological polar surface area (TPSA) is 182 Å². The number of phenols is 1. The van der Waals surface area contributed by atoms with E-state index in [2.05, 4.69) is 11.8 Å². The predicted molar refractivity (Wildman–Crippen MR) is 147 cm³/mol. The molecular weight excluding hydrogens is 528 g/mol. The zero-order valence-corrected chi connectivity index (χ0v) is 22.6. The molecule has 0 fully saturated rings. The van der Waals surface area contributed by atoms with Gasteiger partial charge in [-0.2, -0.15) is 0 Å². The number of benzene rings is 2. The monoisotopic (exact) mass is 558 g/mol. The summed E-state index contributed by atoms with van der Waals surface area (Å²) in [5, 5.41) is 56.7. The Morgan fingerprint density at radius 1 is 1.07 bits per heavy atom. The van der Waals surface area contributed by atoms with Gasteiger partial charge in [-0.15, -0.1) is 0 Å². The molecule has 10 heteroatoms. The van der Waals surface area contributed by atoms with E-state index >= 15 is 0 Å². The number of carbonyl (C=O) groups is 3. The van der Waals surface area contributed by atoms with Crippen LogP contribution in [-0.4, -0.2) is 79.7 Å². The molecule has 0 unspecified atom stereocenters. The first kappa shape index (κ1) is 28.1. The van der Waals surface area contributed by atoms with Crippen molar-refractivity contribution >= 4 is 17.5 Å². The lowest BCUT2D eigenvalue weighted by Gasteiger charge is -2.53. The summed E-state index contributed by atoms with van der Waals surface area (Å²) in [5.74, 6) is -3.22. The minimum absolute atomic E-state index is 0.169. The van der Waals surface area contributed by atoms with Crippen molar-refractivity contribution in [1.29, 1.82) is 0 Å². The molecule has 0 aliphatic heterocycles. The largest absolute Gasteiger partial charge is 0.510 e. The Kier molecular flexibility index (Phi) is 6.78. The van der Waals surface area contributed by atoms with Crippen LogP contribution in [0.1, 0.15) is 39.9 Å². The minimum Gasteiger partial charge on any atom is -0.510 e. The number of aliphatic hydroxyl groups excluding tert-OH is 3. The first-order chi connectivity index (χ1) is 19.3. The van der Waals surface area contributed by atoms with E-state index in [1.54, 1.807) is 13.0 Å². The van der Waals surface area contributed by atoms with E-state index in [4.69, 9.17) is 5.73 Å². The summed E-state index contributed by atoms with van der Waals surface area (Å²) in [7, 11) is 2.98. The molecule has 3 aliphatic rings. The molecule has 10 nitrogen and oxygen atoms in total. The van der Waals surface area contributed by atoms with Gasteiger partial charge in [-0.25, -0.2) is 0 Å². The highest BCUT2D eigenvalue weighted by atomic mass is 16.4. The molecule has 0 aromatic heterocycles. The quantitative estimate of drug-likeness (QED) is 0.239. The predicted octanol–water partition coefficient (Wildman–Crippen LogP) is 1.25. The van der Waals surface area contributed by atoms with Crippen LogP contribution in [0.25, 0.3) is 0 Å². The van der Waals surface area contributed by atoms with Crippen LogP contribution in [-0.2, 0) is 16.0 Å². The van der Waals surface area contributed by atoms with E-state index in [0.717, 1.165) is 5.56 Å². The summed E-state index contributed by atoms with van der Waals surface area (Å²) in [5.41, 5.74) is 2.60. The maximum atomic E-state index is 13.9. The molecule has 2 aromatic rings. The van der Waals surface area contributed by atoms with Gasteiger partial charge in [-0.1, -0.05) is 49.1 Å². The van der Waals surface area contributed by atoms with Crippen molar-refractivity contribution in [3.63, 3.8) is 0 Å². The lowest BCUT2D eigenvalue weighted by Crippen LogP contribution is -2.68. The van der Waals surface area contributed by atoms with Crippen molar-refractivity contribution in [2.75, 3.05) is 14.1 Å². The Hall–Kier alpha value is -4.43. The number of primary amides is 1. The van der Waals surface area contributed by atoms with Gasteiger partial charge in [0.15, 0.2) is 11.4 Å². The van der Waals surface area contributed by atoms with Gasteiger partial charge in [0.05, 0.1) is 23.6 Å². The number of rotatable bonds is 3. The van der Waals surface area contributed by atoms with Crippen molar-refractivity contribution in [3.05, 3.63) is 87.4 Å². The smallest absolute Gasteiger partial charge is 0.255 e. The van der Waals surface area contributed by atoms with E-state index in [9.17, 15) is 39.9 Å². The first-order valence-electron chi connectivity index (χ1n) is 13.1. The highest BCUT2D eigenvalue weighted by Crippen LogP contribution is 2.55. The van der Waals surface area contributed by atoms with Crippen LogP contribution in [0.3, 0.4) is 0 Å². The van der Waals surface area contributed by atoms with Gasteiger partial charge < -0.3 is 31.3 Å². The van der Waals surface area contributed by atoms with Gasteiger partial charge in [0.25, 0.3) is 5.91 Å². The van der Waals surface area contributed by atoms with Crippen LogP contribution in [0.4, 0.5) is 0 Å². The Bertz CT molecular complexity index is 1610. The van der Waals surface area contributed by atoms with Gasteiger partial charge >= 0.3 is 0 Å². The summed E-state index contributed by atoms with van der Waals surface area (Å²) < 4.78 is 0. The van der Waals surface area contributed by atoms with Crippen molar-refractivity contribution in [2.45, 2.75) is 37.0 Å². The number of ketones is 2. The molecule has 0 bridgehead atoms. The minimum atomic E-state index is -2.95. The second-order valence-electron chi connectivity index (χ2n) is 10.9. The number of likely N-dealkylation sites (N-methyl/N-ethyl adjacent to an activating group) is 1. The average molecular weight is 559 g/mol. The molecule has 0 radical (unpaired) electrons. The molecule has 3 aliphatic carbocycles. The molecule has 6 atom stereocenters. The third-order valence-electron chi connectivity index (χ3n) is 8.47. The van der Waals surface area contributed by atoms with Gasteiger partial charge in [0, 0.05) is 23.5 Å². The highest BCUT2D eigenvalue weighted by molar-refractivity contribution is 6.25. The molecule has 5 rings (SSSR count). The van der Waals surface area contributed by atoms with Crippen LogP contribution in [0.2, 0.25) is 0 Å². The number of aliphatic hydroxyl groups is 4. The van der Waals surface area contributed by atoms with Crippen LogP contribution < -0.4 is 5.73 Å². The number of phenolic OH excluding ortho intramolecular Hbond substituents is 1. The number of nitrogens with zero attached hydrogens (tertiary/aromatic N) is 1. The first-order valence-corrected chi connectivity index (χ1v) is 13.1. The Morgan fingerprint density at radius 3 is 2.34 bits per heavy atom. The Labute approximate surface area is 236 Å². The van der Waals surface area contributed by atoms with Crippen molar-refractivity contribution in [2.24, 2.45) is 17.6 Å². The molecule has 0 saturated carbocycles. The van der Waals surface area contributed by atoms with Crippen LogP contribution >= 0.6 is 0 Å². The molecule has 41 heavy (non-hydrogen) atoms. The number of fused-ring (bicyclic) bond motifs is 3. The summed E-state index contributed by atoms with van der Waals surface area (Å²) in [4.78, 5) is 40.9. The zero-order chi connectivity index (χ0) is 30.0. The van der Waals surface area contributed by atoms with Crippen LogP contribution in [0.15, 0.2) is 65.1 Å². The second-order valence-corrected chi connectivity index (χ2v) is 10.9. The zero-order valence-electron chi connectivity index (χ0n) is 22.6. The third kappa shape index (κ3) is 3.96. The molecule has 0 spiro atoms. The van der Waals surface area contributed by atoms with Gasteiger partial charge in [-0.05, 0) is 43.3 Å². The molecule has 0 heterocycles. The van der Waals surface area contributed by atoms with Gasteiger partial charge in [0.2, 0.25) is 5.78 Å². The van der Waals surface area contributed by atoms with Gasteiger partial charge in [0.1, 0.15) is 22.8 Å². The Balaban J connectivity index is 1.71. The average Bonchev–Trinajstić information content (AvgIpc) is 2.91. The van der Waals surface area contributed by atoms with Gasteiger partial charge in [-0.3, -0.25) is 19.3 Å². The normalized spacial score (nSPS) is 29.0. The van der Waals surface area contributed by atoms with E-state index in [1.165, 1.54) is 25.1 Å². The van der Waals surface area contributed by atoms with E-state index in [0.29, 0.717) is 17.5 Å². The number of aromatic hydroxyl groups is 1. The molecule has 1 amide bonds. The number of amides is 1. The fourth-order valence-electron chi connectivity index (χ4n) is 6.65.